The largest absolute Gasteiger partial charge is 0.465 e. The van der Waals surface area contributed by atoms with Gasteiger partial charge < -0.3 is 14.2 Å². The summed E-state index contributed by atoms with van der Waals surface area (Å²) in [5.74, 6) is -0.498. The summed E-state index contributed by atoms with van der Waals surface area (Å²) in [5, 5.41) is 0.429. The first kappa shape index (κ1) is 18.0. The molecular weight excluding hydrogens is 370 g/mol. The van der Waals surface area contributed by atoms with E-state index in [1.807, 2.05) is 0 Å². The van der Waals surface area contributed by atoms with E-state index in [2.05, 4.69) is 4.99 Å². The number of Topliss-reactive ketones (excluding diaryl/α,β-unsaturated/α-hetero) is 1. The molecule has 0 fully saturated rings. The summed E-state index contributed by atoms with van der Waals surface area (Å²) in [6.45, 7) is 3.93. The van der Waals surface area contributed by atoms with Crippen molar-refractivity contribution in [1.82, 2.24) is 0 Å². The van der Waals surface area contributed by atoms with Crippen LogP contribution in [0, 0.1) is 5.92 Å². The maximum absolute atomic E-state index is 12.8. The van der Waals surface area contributed by atoms with Crippen molar-refractivity contribution in [1.29, 1.82) is 0 Å². The molecule has 1 aromatic carbocycles. The third-order valence-electron chi connectivity index (χ3n) is 5.20. The highest BCUT2D eigenvalue weighted by Crippen LogP contribution is 2.48. The molecule has 3 aliphatic rings. The fourth-order valence-corrected chi connectivity index (χ4v) is 4.32. The summed E-state index contributed by atoms with van der Waals surface area (Å²) in [6.07, 6.45) is 1.92. The monoisotopic (exact) mass is 389 g/mol. The summed E-state index contributed by atoms with van der Waals surface area (Å²) < 4.78 is 16.2. The molecule has 0 N–H and O–H groups in total. The van der Waals surface area contributed by atoms with Crippen LogP contribution in [0.1, 0.15) is 44.6 Å². The number of benzene rings is 1. The summed E-state index contributed by atoms with van der Waals surface area (Å²) in [5.41, 5.74) is 2.63. The van der Waals surface area contributed by atoms with Gasteiger partial charge in [0.2, 0.25) is 6.79 Å². The number of halogens is 1. The Labute approximate surface area is 162 Å². The molecule has 2 aliphatic heterocycles. The van der Waals surface area contributed by atoms with Gasteiger partial charge in [-0.1, -0.05) is 11.6 Å². The van der Waals surface area contributed by atoms with Crippen LogP contribution >= 0.6 is 11.6 Å². The summed E-state index contributed by atoms with van der Waals surface area (Å²) in [6, 6.07) is 3.45. The van der Waals surface area contributed by atoms with Crippen LogP contribution in [0.25, 0.3) is 0 Å². The summed E-state index contributed by atoms with van der Waals surface area (Å²) >= 11 is 6.55. The number of ketones is 1. The van der Waals surface area contributed by atoms with Gasteiger partial charge in [-0.25, -0.2) is 0 Å². The minimum absolute atomic E-state index is 0.0144. The van der Waals surface area contributed by atoms with Crippen molar-refractivity contribution in [3.05, 3.63) is 34.0 Å². The molecule has 0 saturated carbocycles. The van der Waals surface area contributed by atoms with Gasteiger partial charge in [-0.3, -0.25) is 14.6 Å². The Morgan fingerprint density at radius 3 is 2.78 bits per heavy atom. The Morgan fingerprint density at radius 1 is 1.30 bits per heavy atom. The van der Waals surface area contributed by atoms with E-state index in [4.69, 9.17) is 25.8 Å². The number of fused-ring (bicyclic) bond motifs is 1. The SMILES string of the molecule is CCOC(=O)C1C(C)=NC2=C(C(=O)CCC2)[C@H]1c1cc2c(cc1Cl)OCO2. The molecule has 1 aliphatic carbocycles. The van der Waals surface area contributed by atoms with E-state index in [0.717, 1.165) is 12.1 Å². The first-order valence-electron chi connectivity index (χ1n) is 9.08. The number of allylic oxidation sites excluding steroid dienone is 2. The first-order chi connectivity index (χ1) is 13.0. The van der Waals surface area contributed by atoms with Crippen molar-refractivity contribution in [2.45, 2.75) is 39.0 Å². The first-order valence-corrected chi connectivity index (χ1v) is 9.46. The molecule has 1 unspecified atom stereocenters. The van der Waals surface area contributed by atoms with Crippen LogP contribution in [0.2, 0.25) is 5.02 Å². The fourth-order valence-electron chi connectivity index (χ4n) is 4.05. The van der Waals surface area contributed by atoms with Gasteiger partial charge >= 0.3 is 5.97 Å². The van der Waals surface area contributed by atoms with Crippen molar-refractivity contribution in [3.8, 4) is 11.5 Å². The normalized spacial score (nSPS) is 23.8. The zero-order valence-corrected chi connectivity index (χ0v) is 16.0. The summed E-state index contributed by atoms with van der Waals surface area (Å²) in [4.78, 5) is 30.2. The van der Waals surface area contributed by atoms with Crippen molar-refractivity contribution in [2.75, 3.05) is 13.4 Å². The Bertz CT molecular complexity index is 889. The molecule has 142 valence electrons. The second kappa shape index (κ2) is 7.00. The molecule has 0 spiro atoms. The van der Waals surface area contributed by atoms with E-state index in [9.17, 15) is 9.59 Å². The minimum Gasteiger partial charge on any atom is -0.465 e. The Hall–Kier alpha value is -2.34. The number of rotatable bonds is 3. The van der Waals surface area contributed by atoms with E-state index < -0.39 is 17.8 Å². The molecule has 27 heavy (non-hydrogen) atoms. The van der Waals surface area contributed by atoms with Crippen LogP contribution in [0.5, 0.6) is 11.5 Å². The number of aliphatic imine (C=N–C) groups is 1. The molecule has 0 aromatic heterocycles. The number of carbonyl (C=O) groups excluding carboxylic acids is 2. The van der Waals surface area contributed by atoms with Crippen LogP contribution in [0.15, 0.2) is 28.4 Å². The van der Waals surface area contributed by atoms with Gasteiger partial charge in [-0.2, -0.15) is 0 Å². The van der Waals surface area contributed by atoms with Crippen molar-refractivity contribution in [2.24, 2.45) is 10.9 Å². The second-order valence-corrected chi connectivity index (χ2v) is 7.23. The highest BCUT2D eigenvalue weighted by molar-refractivity contribution is 6.32. The lowest BCUT2D eigenvalue weighted by Gasteiger charge is -2.34. The number of carbonyl (C=O) groups is 2. The van der Waals surface area contributed by atoms with E-state index in [1.165, 1.54) is 0 Å². The minimum atomic E-state index is -0.691. The Morgan fingerprint density at radius 2 is 2.04 bits per heavy atom. The topological polar surface area (TPSA) is 74.2 Å². The Kier molecular flexibility index (Phi) is 4.68. The molecule has 7 heteroatoms. The molecule has 0 amide bonds. The molecule has 1 aromatic rings. The molecule has 2 heterocycles. The fraction of sp³-hybridized carbons (Fsp3) is 0.450. The number of hydrogen-bond acceptors (Lipinski definition) is 6. The third-order valence-corrected chi connectivity index (χ3v) is 5.53. The lowest BCUT2D eigenvalue weighted by atomic mass is 9.71. The van der Waals surface area contributed by atoms with E-state index in [-0.39, 0.29) is 19.2 Å². The predicted molar refractivity (Wildman–Crippen MR) is 99.4 cm³/mol. The van der Waals surface area contributed by atoms with E-state index >= 15 is 0 Å². The van der Waals surface area contributed by atoms with Crippen LogP contribution in [0.3, 0.4) is 0 Å². The van der Waals surface area contributed by atoms with E-state index in [1.54, 1.807) is 26.0 Å². The zero-order chi connectivity index (χ0) is 19.1. The van der Waals surface area contributed by atoms with Crippen molar-refractivity contribution < 1.29 is 23.8 Å². The molecule has 4 rings (SSSR count). The van der Waals surface area contributed by atoms with Gasteiger partial charge in [0.1, 0.15) is 5.92 Å². The lowest BCUT2D eigenvalue weighted by molar-refractivity contribution is -0.146. The number of esters is 1. The second-order valence-electron chi connectivity index (χ2n) is 6.82. The van der Waals surface area contributed by atoms with Crippen molar-refractivity contribution in [3.63, 3.8) is 0 Å². The lowest BCUT2D eigenvalue weighted by Crippen LogP contribution is -2.37. The van der Waals surface area contributed by atoms with Gasteiger partial charge in [0.15, 0.2) is 17.3 Å². The van der Waals surface area contributed by atoms with Crippen LogP contribution < -0.4 is 9.47 Å². The average Bonchev–Trinajstić information content (AvgIpc) is 3.07. The van der Waals surface area contributed by atoms with E-state index in [0.29, 0.717) is 46.2 Å². The quantitative estimate of drug-likeness (QED) is 0.735. The summed E-state index contributed by atoms with van der Waals surface area (Å²) in [7, 11) is 0. The predicted octanol–water partition coefficient (Wildman–Crippen LogP) is 3.81. The number of nitrogens with zero attached hydrogens (tertiary/aromatic N) is 1. The highest BCUT2D eigenvalue weighted by atomic mass is 35.5. The van der Waals surface area contributed by atoms with Gasteiger partial charge in [-0.15, -0.1) is 0 Å². The Balaban J connectivity index is 1.89. The van der Waals surface area contributed by atoms with Gasteiger partial charge in [0.05, 0.1) is 6.61 Å². The number of hydrogen-bond donors (Lipinski definition) is 0. The van der Waals surface area contributed by atoms with Crippen molar-refractivity contribution >= 4 is 29.1 Å². The highest BCUT2D eigenvalue weighted by Gasteiger charge is 2.44. The maximum Gasteiger partial charge on any atom is 0.315 e. The molecule has 0 bridgehead atoms. The molecular formula is C20H20ClNO5. The molecule has 6 nitrogen and oxygen atoms in total. The molecule has 0 radical (unpaired) electrons. The van der Waals surface area contributed by atoms with Gasteiger partial charge in [-0.05, 0) is 38.3 Å². The van der Waals surface area contributed by atoms with Gasteiger partial charge in [0.25, 0.3) is 0 Å². The van der Waals surface area contributed by atoms with Crippen LogP contribution in [-0.4, -0.2) is 30.9 Å². The molecule has 2 atom stereocenters. The maximum atomic E-state index is 12.8. The average molecular weight is 390 g/mol. The number of ether oxygens (including phenoxy) is 3. The zero-order valence-electron chi connectivity index (χ0n) is 15.2. The molecule has 0 saturated heterocycles. The van der Waals surface area contributed by atoms with Gasteiger partial charge in [0, 0.05) is 40.4 Å². The van der Waals surface area contributed by atoms with Crippen LogP contribution in [-0.2, 0) is 14.3 Å². The standard InChI is InChI=1S/C20H20ClNO5/c1-3-25-20(24)17-10(2)22-13-5-4-6-14(23)19(13)18(17)11-7-15-16(8-12(11)21)27-9-26-15/h7-8,17-18H,3-6,9H2,1-2H3/t17?,18-/m0/s1. The third kappa shape index (κ3) is 3.02. The smallest absolute Gasteiger partial charge is 0.315 e. The van der Waals surface area contributed by atoms with Crippen LogP contribution in [0.4, 0.5) is 0 Å².